The number of carbonyl (C=O) groups excluding carboxylic acids is 1. The van der Waals surface area contributed by atoms with E-state index in [0.717, 1.165) is 35.8 Å². The van der Waals surface area contributed by atoms with Crippen molar-refractivity contribution in [3.63, 3.8) is 0 Å². The van der Waals surface area contributed by atoms with E-state index in [1.807, 2.05) is 47.4 Å². The van der Waals surface area contributed by atoms with Gasteiger partial charge in [0.2, 0.25) is 0 Å². The van der Waals surface area contributed by atoms with E-state index in [4.69, 9.17) is 21.1 Å². The molecule has 0 radical (unpaired) electrons. The van der Waals surface area contributed by atoms with E-state index < -0.39 is 0 Å². The maximum Gasteiger partial charge on any atom is 0.317 e. The Labute approximate surface area is 164 Å². The Bertz CT molecular complexity index is 775. The monoisotopic (exact) mass is 389 g/mol. The lowest BCUT2D eigenvalue weighted by atomic mass is 10.2. The molecule has 2 aromatic carbocycles. The van der Waals surface area contributed by atoms with Gasteiger partial charge >= 0.3 is 6.03 Å². The molecule has 6 nitrogen and oxygen atoms in total. The molecule has 144 valence electrons. The molecule has 0 aliphatic carbocycles. The Hall–Kier alpha value is -2.60. The fourth-order valence-electron chi connectivity index (χ4n) is 3.09. The van der Waals surface area contributed by atoms with Crippen LogP contribution in [0.5, 0.6) is 11.5 Å². The maximum absolute atomic E-state index is 12.4. The summed E-state index contributed by atoms with van der Waals surface area (Å²) in [6.45, 7) is 3.29. The van der Waals surface area contributed by atoms with E-state index in [9.17, 15) is 4.79 Å². The number of piperazine rings is 1. The summed E-state index contributed by atoms with van der Waals surface area (Å²) in [5, 5.41) is 3.65. The van der Waals surface area contributed by atoms with Crippen LogP contribution in [0.15, 0.2) is 42.5 Å². The Kier molecular flexibility index (Phi) is 6.29. The van der Waals surface area contributed by atoms with Gasteiger partial charge in [-0.25, -0.2) is 4.79 Å². The number of rotatable bonds is 5. The molecule has 0 spiro atoms. The van der Waals surface area contributed by atoms with Crippen LogP contribution in [0, 0.1) is 0 Å². The Morgan fingerprint density at radius 1 is 1.04 bits per heavy atom. The molecule has 0 aromatic heterocycles. The van der Waals surface area contributed by atoms with Crippen molar-refractivity contribution >= 4 is 23.3 Å². The van der Waals surface area contributed by atoms with Gasteiger partial charge in [0.15, 0.2) is 0 Å². The summed E-state index contributed by atoms with van der Waals surface area (Å²) in [6, 6.07) is 13.2. The third-order valence-corrected chi connectivity index (χ3v) is 4.90. The van der Waals surface area contributed by atoms with Crippen molar-refractivity contribution in [2.45, 2.75) is 6.54 Å². The fraction of sp³-hybridized carbons (Fsp3) is 0.350. The first-order chi connectivity index (χ1) is 13.1. The second-order valence-corrected chi connectivity index (χ2v) is 6.73. The van der Waals surface area contributed by atoms with Gasteiger partial charge < -0.3 is 24.6 Å². The summed E-state index contributed by atoms with van der Waals surface area (Å²) in [6.07, 6.45) is 0. The summed E-state index contributed by atoms with van der Waals surface area (Å²) in [7, 11) is 3.29. The number of nitrogens with one attached hydrogen (secondary N) is 1. The molecule has 1 N–H and O–H groups in total. The number of anilines is 1. The standard InChI is InChI=1S/C20H24ClN3O3/c1-26-17-7-8-18(19(13-17)27-2)23-9-11-24(12-10-23)20(25)22-14-15-3-5-16(21)6-4-15/h3-8,13H,9-12,14H2,1-2H3,(H,22,25). The van der Waals surface area contributed by atoms with E-state index in [0.29, 0.717) is 24.7 Å². The molecular weight excluding hydrogens is 366 g/mol. The highest BCUT2D eigenvalue weighted by atomic mass is 35.5. The summed E-state index contributed by atoms with van der Waals surface area (Å²) in [5.41, 5.74) is 2.04. The van der Waals surface area contributed by atoms with Gasteiger partial charge in [0.05, 0.1) is 19.9 Å². The number of carbonyl (C=O) groups is 1. The molecule has 0 unspecified atom stereocenters. The minimum Gasteiger partial charge on any atom is -0.497 e. The number of methoxy groups -OCH3 is 2. The third kappa shape index (κ3) is 4.77. The molecular formula is C20H24ClN3O3. The lowest BCUT2D eigenvalue weighted by Crippen LogP contribution is -2.51. The molecule has 1 fully saturated rings. The van der Waals surface area contributed by atoms with Crippen molar-refractivity contribution in [1.29, 1.82) is 0 Å². The Morgan fingerprint density at radius 2 is 1.74 bits per heavy atom. The molecule has 1 heterocycles. The first kappa shape index (κ1) is 19.2. The minimum absolute atomic E-state index is 0.0497. The minimum atomic E-state index is -0.0497. The molecule has 1 saturated heterocycles. The fourth-order valence-corrected chi connectivity index (χ4v) is 3.21. The molecule has 3 rings (SSSR count). The smallest absolute Gasteiger partial charge is 0.317 e. The van der Waals surface area contributed by atoms with Gasteiger partial charge in [-0.15, -0.1) is 0 Å². The van der Waals surface area contributed by atoms with Crippen LogP contribution in [0.4, 0.5) is 10.5 Å². The number of nitrogens with zero attached hydrogens (tertiary/aromatic N) is 2. The number of ether oxygens (including phenoxy) is 2. The summed E-state index contributed by atoms with van der Waals surface area (Å²) in [5.74, 6) is 1.53. The Morgan fingerprint density at radius 3 is 2.37 bits per heavy atom. The van der Waals surface area contributed by atoms with Gasteiger partial charge in [-0.2, -0.15) is 0 Å². The lowest BCUT2D eigenvalue weighted by molar-refractivity contribution is 0.194. The predicted octanol–water partition coefficient (Wildman–Crippen LogP) is 3.39. The van der Waals surface area contributed by atoms with Crippen LogP contribution in [-0.4, -0.2) is 51.3 Å². The largest absolute Gasteiger partial charge is 0.497 e. The number of amides is 2. The van der Waals surface area contributed by atoms with Gasteiger partial charge in [-0.05, 0) is 29.8 Å². The molecule has 7 heteroatoms. The van der Waals surface area contributed by atoms with E-state index in [-0.39, 0.29) is 6.03 Å². The van der Waals surface area contributed by atoms with Crippen molar-refractivity contribution in [3.05, 3.63) is 53.1 Å². The zero-order valence-corrected chi connectivity index (χ0v) is 16.3. The zero-order chi connectivity index (χ0) is 19.2. The van der Waals surface area contributed by atoms with Crippen molar-refractivity contribution in [2.75, 3.05) is 45.3 Å². The van der Waals surface area contributed by atoms with Crippen LogP contribution in [0.25, 0.3) is 0 Å². The van der Waals surface area contributed by atoms with Crippen molar-refractivity contribution in [2.24, 2.45) is 0 Å². The summed E-state index contributed by atoms with van der Waals surface area (Å²) >= 11 is 5.88. The molecule has 0 saturated carbocycles. The summed E-state index contributed by atoms with van der Waals surface area (Å²) < 4.78 is 10.7. The quantitative estimate of drug-likeness (QED) is 0.851. The number of hydrogen-bond acceptors (Lipinski definition) is 4. The van der Waals surface area contributed by atoms with Crippen LogP contribution in [0.1, 0.15) is 5.56 Å². The highest BCUT2D eigenvalue weighted by molar-refractivity contribution is 6.30. The molecule has 2 amide bonds. The average molecular weight is 390 g/mol. The van der Waals surface area contributed by atoms with Crippen LogP contribution < -0.4 is 19.7 Å². The molecule has 27 heavy (non-hydrogen) atoms. The highest BCUT2D eigenvalue weighted by Gasteiger charge is 2.23. The van der Waals surface area contributed by atoms with Crippen LogP contribution in [0.2, 0.25) is 5.02 Å². The highest BCUT2D eigenvalue weighted by Crippen LogP contribution is 2.32. The van der Waals surface area contributed by atoms with Gasteiger partial charge in [0.1, 0.15) is 11.5 Å². The number of halogens is 1. The normalized spacial score (nSPS) is 14.0. The Balaban J connectivity index is 1.54. The van der Waals surface area contributed by atoms with Crippen LogP contribution >= 0.6 is 11.6 Å². The van der Waals surface area contributed by atoms with E-state index in [1.54, 1.807) is 14.2 Å². The predicted molar refractivity (Wildman–Crippen MR) is 107 cm³/mol. The van der Waals surface area contributed by atoms with E-state index in [1.165, 1.54) is 0 Å². The van der Waals surface area contributed by atoms with Crippen LogP contribution in [0.3, 0.4) is 0 Å². The number of urea groups is 1. The molecule has 1 aliphatic heterocycles. The zero-order valence-electron chi connectivity index (χ0n) is 15.6. The van der Waals surface area contributed by atoms with Crippen molar-refractivity contribution in [3.8, 4) is 11.5 Å². The molecule has 2 aromatic rings. The second-order valence-electron chi connectivity index (χ2n) is 6.30. The second kappa shape index (κ2) is 8.86. The van der Waals surface area contributed by atoms with Crippen LogP contribution in [-0.2, 0) is 6.54 Å². The van der Waals surface area contributed by atoms with E-state index >= 15 is 0 Å². The van der Waals surface area contributed by atoms with Gasteiger partial charge in [-0.1, -0.05) is 23.7 Å². The molecule has 0 atom stereocenters. The first-order valence-corrected chi connectivity index (χ1v) is 9.22. The lowest BCUT2D eigenvalue weighted by Gasteiger charge is -2.36. The van der Waals surface area contributed by atoms with Crippen molar-refractivity contribution < 1.29 is 14.3 Å². The van der Waals surface area contributed by atoms with E-state index in [2.05, 4.69) is 10.2 Å². The number of hydrogen-bond donors (Lipinski definition) is 1. The first-order valence-electron chi connectivity index (χ1n) is 8.85. The number of benzene rings is 2. The average Bonchev–Trinajstić information content (AvgIpc) is 2.72. The topological polar surface area (TPSA) is 54.0 Å². The third-order valence-electron chi connectivity index (χ3n) is 4.65. The summed E-state index contributed by atoms with van der Waals surface area (Å²) in [4.78, 5) is 16.5. The van der Waals surface area contributed by atoms with Gasteiger partial charge in [0.25, 0.3) is 0 Å². The van der Waals surface area contributed by atoms with Gasteiger partial charge in [-0.3, -0.25) is 0 Å². The molecule has 1 aliphatic rings. The SMILES string of the molecule is COc1ccc(N2CCN(C(=O)NCc3ccc(Cl)cc3)CC2)c(OC)c1. The van der Waals surface area contributed by atoms with Crippen molar-refractivity contribution in [1.82, 2.24) is 10.2 Å². The maximum atomic E-state index is 12.4. The molecule has 0 bridgehead atoms. The van der Waals surface area contributed by atoms with Gasteiger partial charge in [0, 0.05) is 43.8 Å².